The summed E-state index contributed by atoms with van der Waals surface area (Å²) in [6, 6.07) is 15.8. The van der Waals surface area contributed by atoms with Gasteiger partial charge in [-0.05, 0) is 37.3 Å². The van der Waals surface area contributed by atoms with E-state index in [-0.39, 0.29) is 11.1 Å². The first-order valence-corrected chi connectivity index (χ1v) is 9.78. The van der Waals surface area contributed by atoms with E-state index in [1.54, 1.807) is 12.1 Å². The van der Waals surface area contributed by atoms with Crippen molar-refractivity contribution in [2.45, 2.75) is 16.5 Å². The first kappa shape index (κ1) is 17.6. The Morgan fingerprint density at radius 3 is 2.70 bits per heavy atom. The highest BCUT2D eigenvalue weighted by Gasteiger charge is 2.18. The standard InChI is InChI=1S/C18H14FN5OS2/c1-11(15-21-22-16(25-15)12-6-3-2-4-7-12)26-18-24-23-17(27-18)20-14-9-5-8-13(19)10-14/h2-11H,1H3,(H,20,23). The summed E-state index contributed by atoms with van der Waals surface area (Å²) in [5.74, 6) is 0.704. The van der Waals surface area contributed by atoms with Gasteiger partial charge in [-0.3, -0.25) is 0 Å². The first-order valence-electron chi connectivity index (χ1n) is 8.09. The quantitative estimate of drug-likeness (QED) is 0.439. The number of nitrogens with zero attached hydrogens (tertiary/aromatic N) is 4. The molecule has 0 aliphatic rings. The van der Waals surface area contributed by atoms with Crippen LogP contribution in [-0.2, 0) is 0 Å². The van der Waals surface area contributed by atoms with Crippen LogP contribution in [0.25, 0.3) is 11.5 Å². The zero-order valence-electron chi connectivity index (χ0n) is 14.2. The smallest absolute Gasteiger partial charge is 0.247 e. The van der Waals surface area contributed by atoms with Gasteiger partial charge < -0.3 is 9.73 Å². The van der Waals surface area contributed by atoms with Crippen LogP contribution < -0.4 is 5.32 Å². The van der Waals surface area contributed by atoms with Crippen LogP contribution in [0.2, 0.25) is 0 Å². The summed E-state index contributed by atoms with van der Waals surface area (Å²) in [6.07, 6.45) is 0. The van der Waals surface area contributed by atoms with Crippen molar-refractivity contribution in [1.82, 2.24) is 20.4 Å². The molecule has 0 aliphatic heterocycles. The van der Waals surface area contributed by atoms with Gasteiger partial charge in [0.1, 0.15) is 5.82 Å². The molecule has 0 radical (unpaired) electrons. The van der Waals surface area contributed by atoms with E-state index in [0.29, 0.717) is 22.6 Å². The average molecular weight is 399 g/mol. The lowest BCUT2D eigenvalue weighted by Crippen LogP contribution is -1.89. The topological polar surface area (TPSA) is 76.7 Å². The Morgan fingerprint density at radius 1 is 1.04 bits per heavy atom. The van der Waals surface area contributed by atoms with Gasteiger partial charge in [-0.15, -0.1) is 20.4 Å². The molecule has 0 spiro atoms. The number of aromatic nitrogens is 4. The molecular formula is C18H14FN5OS2. The summed E-state index contributed by atoms with van der Waals surface area (Å²) in [5, 5.41) is 20.0. The van der Waals surface area contributed by atoms with Gasteiger partial charge in [0.25, 0.3) is 0 Å². The summed E-state index contributed by atoms with van der Waals surface area (Å²) < 4.78 is 19.8. The number of halogens is 1. The fourth-order valence-corrected chi connectivity index (χ4v) is 4.24. The van der Waals surface area contributed by atoms with Crippen LogP contribution in [0.1, 0.15) is 18.1 Å². The number of benzene rings is 2. The Labute approximate surface area is 162 Å². The maximum absolute atomic E-state index is 13.3. The number of hydrogen-bond donors (Lipinski definition) is 1. The molecule has 0 saturated carbocycles. The highest BCUT2D eigenvalue weighted by Crippen LogP contribution is 2.38. The van der Waals surface area contributed by atoms with Crippen molar-refractivity contribution in [3.63, 3.8) is 0 Å². The molecule has 0 aliphatic carbocycles. The molecule has 6 nitrogen and oxygen atoms in total. The van der Waals surface area contributed by atoms with Crippen LogP contribution in [0.3, 0.4) is 0 Å². The van der Waals surface area contributed by atoms with Crippen molar-refractivity contribution in [3.8, 4) is 11.5 Å². The second-order valence-corrected chi connectivity index (χ2v) is 8.15. The molecule has 2 aromatic heterocycles. The minimum atomic E-state index is -0.307. The number of rotatable bonds is 6. The lowest BCUT2D eigenvalue weighted by Gasteiger charge is -2.02. The number of hydrogen-bond acceptors (Lipinski definition) is 8. The van der Waals surface area contributed by atoms with E-state index in [9.17, 15) is 4.39 Å². The Balaban J connectivity index is 1.42. The van der Waals surface area contributed by atoms with Crippen molar-refractivity contribution < 1.29 is 8.81 Å². The molecule has 1 unspecified atom stereocenters. The van der Waals surface area contributed by atoms with E-state index < -0.39 is 0 Å². The van der Waals surface area contributed by atoms with Gasteiger partial charge in [0, 0.05) is 11.3 Å². The molecule has 2 aromatic carbocycles. The zero-order chi connectivity index (χ0) is 18.6. The Kier molecular flexibility index (Phi) is 5.12. The second-order valence-electron chi connectivity index (χ2n) is 5.58. The van der Waals surface area contributed by atoms with Crippen LogP contribution >= 0.6 is 23.1 Å². The van der Waals surface area contributed by atoms with E-state index in [1.165, 1.54) is 35.2 Å². The van der Waals surface area contributed by atoms with Gasteiger partial charge in [0.05, 0.1) is 5.25 Å². The van der Waals surface area contributed by atoms with Crippen molar-refractivity contribution in [2.24, 2.45) is 0 Å². The Hall–Kier alpha value is -2.78. The van der Waals surface area contributed by atoms with Crippen molar-refractivity contribution in [3.05, 3.63) is 66.3 Å². The molecule has 4 rings (SSSR count). The van der Waals surface area contributed by atoms with Crippen molar-refractivity contribution >= 4 is 33.9 Å². The fourth-order valence-electron chi connectivity index (χ4n) is 2.30. The summed E-state index contributed by atoms with van der Waals surface area (Å²) in [4.78, 5) is 0. The van der Waals surface area contributed by atoms with Gasteiger partial charge in [0.2, 0.25) is 16.9 Å². The maximum atomic E-state index is 13.3. The monoisotopic (exact) mass is 399 g/mol. The SMILES string of the molecule is CC(Sc1nnc(Nc2cccc(F)c2)s1)c1nnc(-c2ccccc2)o1. The number of thioether (sulfide) groups is 1. The molecule has 136 valence electrons. The Bertz CT molecular complexity index is 1040. The average Bonchev–Trinajstić information content (AvgIpc) is 3.32. The van der Waals surface area contributed by atoms with Gasteiger partial charge in [-0.1, -0.05) is 47.4 Å². The van der Waals surface area contributed by atoms with Crippen LogP contribution in [0.5, 0.6) is 0 Å². The Morgan fingerprint density at radius 2 is 1.89 bits per heavy atom. The third-order valence-electron chi connectivity index (χ3n) is 3.57. The highest BCUT2D eigenvalue weighted by molar-refractivity contribution is 8.01. The lowest BCUT2D eigenvalue weighted by molar-refractivity contribution is 0.509. The molecule has 0 bridgehead atoms. The first-order chi connectivity index (χ1) is 13.2. The van der Waals surface area contributed by atoms with Gasteiger partial charge >= 0.3 is 0 Å². The van der Waals surface area contributed by atoms with Crippen LogP contribution in [-0.4, -0.2) is 20.4 Å². The largest absolute Gasteiger partial charge is 0.419 e. The number of nitrogens with one attached hydrogen (secondary N) is 1. The summed E-state index contributed by atoms with van der Waals surface area (Å²) >= 11 is 2.85. The molecule has 0 amide bonds. The molecule has 0 saturated heterocycles. The third kappa shape index (κ3) is 4.32. The molecule has 1 N–H and O–H groups in total. The molecular weight excluding hydrogens is 385 g/mol. The third-order valence-corrected chi connectivity index (χ3v) is 5.58. The molecule has 2 heterocycles. The van der Waals surface area contributed by atoms with E-state index in [2.05, 4.69) is 25.7 Å². The minimum Gasteiger partial charge on any atom is -0.419 e. The molecule has 0 fully saturated rings. The predicted octanol–water partition coefficient (Wildman–Crippen LogP) is 5.32. The summed E-state index contributed by atoms with van der Waals surface area (Å²) in [6.45, 7) is 1.97. The molecule has 1 atom stereocenters. The highest BCUT2D eigenvalue weighted by atomic mass is 32.2. The molecule has 9 heteroatoms. The zero-order valence-corrected chi connectivity index (χ0v) is 15.8. The summed E-state index contributed by atoms with van der Waals surface area (Å²) in [5.41, 5.74) is 1.51. The van der Waals surface area contributed by atoms with Crippen LogP contribution in [0.4, 0.5) is 15.2 Å². The molecule has 4 aromatic rings. The fraction of sp³-hybridized carbons (Fsp3) is 0.111. The van der Waals surface area contributed by atoms with Gasteiger partial charge in [0.15, 0.2) is 4.34 Å². The van der Waals surface area contributed by atoms with Crippen molar-refractivity contribution in [1.29, 1.82) is 0 Å². The normalized spacial score (nSPS) is 12.1. The van der Waals surface area contributed by atoms with E-state index in [0.717, 1.165) is 9.90 Å². The lowest BCUT2D eigenvalue weighted by atomic mass is 10.2. The second kappa shape index (κ2) is 7.85. The van der Waals surface area contributed by atoms with Gasteiger partial charge in [-0.2, -0.15) is 0 Å². The van der Waals surface area contributed by atoms with Crippen LogP contribution in [0, 0.1) is 5.82 Å². The van der Waals surface area contributed by atoms with E-state index in [4.69, 9.17) is 4.42 Å². The van der Waals surface area contributed by atoms with E-state index in [1.807, 2.05) is 37.3 Å². The summed E-state index contributed by atoms with van der Waals surface area (Å²) in [7, 11) is 0. The minimum absolute atomic E-state index is 0.0788. The van der Waals surface area contributed by atoms with E-state index >= 15 is 0 Å². The molecule has 27 heavy (non-hydrogen) atoms. The number of anilines is 2. The van der Waals surface area contributed by atoms with Gasteiger partial charge in [-0.25, -0.2) is 4.39 Å². The maximum Gasteiger partial charge on any atom is 0.247 e. The predicted molar refractivity (Wildman–Crippen MR) is 104 cm³/mol. The van der Waals surface area contributed by atoms with Crippen molar-refractivity contribution in [2.75, 3.05) is 5.32 Å². The van der Waals surface area contributed by atoms with Crippen LogP contribution in [0.15, 0.2) is 63.4 Å².